The number of imide groups is 1. The van der Waals surface area contributed by atoms with Gasteiger partial charge >= 0.3 is 0 Å². The van der Waals surface area contributed by atoms with E-state index in [2.05, 4.69) is 5.32 Å². The van der Waals surface area contributed by atoms with Gasteiger partial charge in [0, 0.05) is 18.7 Å². The number of allylic oxidation sites excluding steroid dienone is 2. The van der Waals surface area contributed by atoms with Crippen LogP contribution in [0.15, 0.2) is 54.6 Å². The topological polar surface area (TPSA) is 66.5 Å². The highest BCUT2D eigenvalue weighted by molar-refractivity contribution is 6.05. The smallest absolute Gasteiger partial charge is 0.233 e. The highest BCUT2D eigenvalue weighted by atomic mass is 16.2. The average molecular weight is 362 g/mol. The zero-order chi connectivity index (χ0) is 18.8. The van der Waals surface area contributed by atoms with E-state index in [4.69, 9.17) is 0 Å². The highest BCUT2D eigenvalue weighted by Gasteiger charge is 2.46. The summed E-state index contributed by atoms with van der Waals surface area (Å²) < 4.78 is 0. The van der Waals surface area contributed by atoms with Gasteiger partial charge in [0.05, 0.1) is 11.8 Å². The molecule has 1 fully saturated rings. The van der Waals surface area contributed by atoms with Crippen molar-refractivity contribution in [1.29, 1.82) is 0 Å². The molecule has 4 rings (SSSR count). The Hall–Kier alpha value is -2.95. The molecular weight excluding hydrogens is 340 g/mol. The second-order valence-corrected chi connectivity index (χ2v) is 7.20. The molecule has 2 aromatic carbocycles. The predicted molar refractivity (Wildman–Crippen MR) is 104 cm³/mol. The molecule has 0 aromatic heterocycles. The average Bonchev–Trinajstić information content (AvgIpc) is 2.93. The van der Waals surface area contributed by atoms with Gasteiger partial charge in [0.25, 0.3) is 0 Å². The first-order chi connectivity index (χ1) is 13.1. The summed E-state index contributed by atoms with van der Waals surface area (Å²) in [6.45, 7) is 0.315. The lowest BCUT2D eigenvalue weighted by Gasteiger charge is -2.14. The van der Waals surface area contributed by atoms with E-state index in [-0.39, 0.29) is 36.0 Å². The molecule has 1 heterocycles. The summed E-state index contributed by atoms with van der Waals surface area (Å²) in [6, 6.07) is 13.8. The summed E-state index contributed by atoms with van der Waals surface area (Å²) in [4.78, 5) is 38.4. The maximum absolute atomic E-state index is 12.4. The Kier molecular flexibility index (Phi) is 4.75. The standard InChI is InChI=1S/C22H22N2O3/c25-20(23-17-12-11-15-6-1-2-7-16(15)14-17)10-5-13-24-21(26)18-8-3-4-9-19(18)22(24)27/h1-4,6-7,11-12,14,18-19H,5,8-10,13H2,(H,23,25)/t18-,19+. The number of carbonyl (C=O) groups excluding carboxylic acids is 3. The summed E-state index contributed by atoms with van der Waals surface area (Å²) in [5.41, 5.74) is 0.754. The first-order valence-corrected chi connectivity index (χ1v) is 9.42. The van der Waals surface area contributed by atoms with Crippen LogP contribution in [0.3, 0.4) is 0 Å². The maximum atomic E-state index is 12.4. The molecule has 1 N–H and O–H groups in total. The SMILES string of the molecule is O=C(CCCN1C(=O)[C@H]2CC=CC[C@H]2C1=O)Nc1ccc2ccccc2c1. The Balaban J connectivity index is 1.30. The number of amides is 3. The van der Waals surface area contributed by atoms with Crippen molar-refractivity contribution >= 4 is 34.2 Å². The van der Waals surface area contributed by atoms with Crippen LogP contribution in [0.5, 0.6) is 0 Å². The van der Waals surface area contributed by atoms with Crippen LogP contribution in [0.2, 0.25) is 0 Å². The third kappa shape index (κ3) is 3.50. The van der Waals surface area contributed by atoms with Crippen molar-refractivity contribution < 1.29 is 14.4 Å². The van der Waals surface area contributed by atoms with Gasteiger partial charge in [-0.05, 0) is 42.2 Å². The largest absolute Gasteiger partial charge is 0.326 e. The van der Waals surface area contributed by atoms with Crippen molar-refractivity contribution in [2.24, 2.45) is 11.8 Å². The Labute approximate surface area is 158 Å². The fraction of sp³-hybridized carbons (Fsp3) is 0.318. The van der Waals surface area contributed by atoms with Gasteiger partial charge in [-0.1, -0.05) is 42.5 Å². The van der Waals surface area contributed by atoms with Crippen LogP contribution in [-0.2, 0) is 14.4 Å². The molecule has 1 saturated heterocycles. The van der Waals surface area contributed by atoms with Gasteiger partial charge in [0.2, 0.25) is 17.7 Å². The van der Waals surface area contributed by atoms with Gasteiger partial charge in [-0.2, -0.15) is 0 Å². The lowest BCUT2D eigenvalue weighted by molar-refractivity contribution is -0.140. The van der Waals surface area contributed by atoms with Gasteiger partial charge in [-0.3, -0.25) is 19.3 Å². The molecule has 1 aliphatic carbocycles. The second-order valence-electron chi connectivity index (χ2n) is 7.20. The highest BCUT2D eigenvalue weighted by Crippen LogP contribution is 2.35. The fourth-order valence-corrected chi connectivity index (χ4v) is 3.98. The summed E-state index contributed by atoms with van der Waals surface area (Å²) in [5.74, 6) is -0.667. The number of nitrogens with one attached hydrogen (secondary N) is 1. The first kappa shape index (κ1) is 17.5. The minimum atomic E-state index is -0.200. The molecular formula is C22H22N2O3. The number of rotatable bonds is 5. The number of likely N-dealkylation sites (tertiary alicyclic amines) is 1. The molecule has 0 radical (unpaired) electrons. The predicted octanol–water partition coefficient (Wildman–Crippen LogP) is 3.51. The minimum Gasteiger partial charge on any atom is -0.326 e. The third-order valence-electron chi connectivity index (χ3n) is 5.42. The van der Waals surface area contributed by atoms with Crippen LogP contribution in [0.1, 0.15) is 25.7 Å². The molecule has 5 nitrogen and oxygen atoms in total. The molecule has 138 valence electrons. The molecule has 2 atom stereocenters. The molecule has 5 heteroatoms. The molecule has 2 aliphatic rings. The zero-order valence-corrected chi connectivity index (χ0v) is 15.1. The van der Waals surface area contributed by atoms with Crippen molar-refractivity contribution in [3.8, 4) is 0 Å². The van der Waals surface area contributed by atoms with Gasteiger partial charge in [0.1, 0.15) is 0 Å². The van der Waals surface area contributed by atoms with Crippen LogP contribution in [-0.4, -0.2) is 29.2 Å². The van der Waals surface area contributed by atoms with Gasteiger partial charge in [-0.25, -0.2) is 0 Å². The zero-order valence-electron chi connectivity index (χ0n) is 15.1. The van der Waals surface area contributed by atoms with Crippen LogP contribution < -0.4 is 5.32 Å². The molecule has 3 amide bonds. The molecule has 0 bridgehead atoms. The number of hydrogen-bond acceptors (Lipinski definition) is 3. The van der Waals surface area contributed by atoms with E-state index in [1.54, 1.807) is 0 Å². The quantitative estimate of drug-likeness (QED) is 0.654. The molecule has 2 aromatic rings. The normalized spacial score (nSPS) is 21.6. The minimum absolute atomic E-state index is 0.0794. The number of anilines is 1. The summed E-state index contributed by atoms with van der Waals surface area (Å²) in [5, 5.41) is 5.09. The third-order valence-corrected chi connectivity index (χ3v) is 5.42. The van der Waals surface area contributed by atoms with Crippen LogP contribution >= 0.6 is 0 Å². The maximum Gasteiger partial charge on any atom is 0.233 e. The van der Waals surface area contributed by atoms with Crippen molar-refractivity contribution in [3.05, 3.63) is 54.6 Å². The second kappa shape index (κ2) is 7.35. The van der Waals surface area contributed by atoms with E-state index in [0.717, 1.165) is 16.5 Å². The van der Waals surface area contributed by atoms with Crippen molar-refractivity contribution in [3.63, 3.8) is 0 Å². The van der Waals surface area contributed by atoms with Crippen molar-refractivity contribution in [1.82, 2.24) is 4.90 Å². The van der Waals surface area contributed by atoms with Gasteiger partial charge < -0.3 is 5.32 Å². The monoisotopic (exact) mass is 362 g/mol. The van der Waals surface area contributed by atoms with Crippen LogP contribution in [0.4, 0.5) is 5.69 Å². The molecule has 0 unspecified atom stereocenters. The number of carbonyl (C=O) groups is 3. The van der Waals surface area contributed by atoms with E-state index in [1.807, 2.05) is 54.6 Å². The Bertz CT molecular complexity index is 908. The van der Waals surface area contributed by atoms with E-state index < -0.39 is 0 Å². The summed E-state index contributed by atoms with van der Waals surface area (Å²) in [7, 11) is 0. The number of hydrogen-bond donors (Lipinski definition) is 1. The molecule has 0 saturated carbocycles. The van der Waals surface area contributed by atoms with Crippen LogP contribution in [0.25, 0.3) is 10.8 Å². The molecule has 0 spiro atoms. The molecule has 27 heavy (non-hydrogen) atoms. The van der Waals surface area contributed by atoms with Gasteiger partial charge in [0.15, 0.2) is 0 Å². The molecule has 1 aliphatic heterocycles. The van der Waals surface area contributed by atoms with Crippen LogP contribution in [0, 0.1) is 11.8 Å². The van der Waals surface area contributed by atoms with E-state index in [9.17, 15) is 14.4 Å². The Morgan fingerprint density at radius 3 is 2.33 bits per heavy atom. The van der Waals surface area contributed by atoms with Crippen molar-refractivity contribution in [2.45, 2.75) is 25.7 Å². The first-order valence-electron chi connectivity index (χ1n) is 9.42. The van der Waals surface area contributed by atoms with E-state index >= 15 is 0 Å². The van der Waals surface area contributed by atoms with Crippen molar-refractivity contribution in [2.75, 3.05) is 11.9 Å². The Morgan fingerprint density at radius 1 is 0.963 bits per heavy atom. The fourth-order valence-electron chi connectivity index (χ4n) is 3.98. The van der Waals surface area contributed by atoms with Gasteiger partial charge in [-0.15, -0.1) is 0 Å². The summed E-state index contributed by atoms with van der Waals surface area (Å²) >= 11 is 0. The lowest BCUT2D eigenvalue weighted by Crippen LogP contribution is -2.32. The number of nitrogens with zero attached hydrogens (tertiary/aromatic N) is 1. The number of fused-ring (bicyclic) bond motifs is 2. The lowest BCUT2D eigenvalue weighted by atomic mass is 9.85. The van der Waals surface area contributed by atoms with E-state index in [1.165, 1.54) is 4.90 Å². The number of benzene rings is 2. The summed E-state index contributed by atoms with van der Waals surface area (Å²) in [6.07, 6.45) is 6.00. The van der Waals surface area contributed by atoms with E-state index in [0.29, 0.717) is 25.8 Å². The Morgan fingerprint density at radius 2 is 1.63 bits per heavy atom.